The molecule has 0 saturated carbocycles. The lowest BCUT2D eigenvalue weighted by Crippen LogP contribution is -2.41. The number of nitrogens with one attached hydrogen (secondary N) is 1. The zero-order valence-corrected chi connectivity index (χ0v) is 11.8. The van der Waals surface area contributed by atoms with Gasteiger partial charge in [0, 0.05) is 44.4 Å². The summed E-state index contributed by atoms with van der Waals surface area (Å²) >= 11 is 0. The van der Waals surface area contributed by atoms with Crippen molar-refractivity contribution in [1.82, 2.24) is 14.9 Å². The van der Waals surface area contributed by atoms with Gasteiger partial charge in [-0.3, -0.25) is 4.79 Å². The number of rotatable bonds is 6. The Morgan fingerprint density at radius 3 is 3.26 bits per heavy atom. The molecule has 0 aliphatic carbocycles. The summed E-state index contributed by atoms with van der Waals surface area (Å²) in [5, 5.41) is 3.07. The van der Waals surface area contributed by atoms with Gasteiger partial charge >= 0.3 is 0 Å². The van der Waals surface area contributed by atoms with Gasteiger partial charge in [0.25, 0.3) is 0 Å². The third-order valence-electron chi connectivity index (χ3n) is 3.22. The normalized spacial score (nSPS) is 18.4. The molecule has 106 valence electrons. The Balaban J connectivity index is 1.66. The summed E-state index contributed by atoms with van der Waals surface area (Å²) in [6, 6.07) is 0.222. The lowest BCUT2D eigenvalue weighted by molar-refractivity contribution is -0.123. The largest absolute Gasteiger partial charge is 0.381 e. The second kappa shape index (κ2) is 6.70. The number of aryl methyl sites for hydroxylation is 1. The Hall–Kier alpha value is -1.36. The van der Waals surface area contributed by atoms with Gasteiger partial charge in [0.1, 0.15) is 5.82 Å². The number of imidazole rings is 1. The third-order valence-corrected chi connectivity index (χ3v) is 3.22. The lowest BCUT2D eigenvalue weighted by atomic mass is 10.1. The summed E-state index contributed by atoms with van der Waals surface area (Å²) in [5.41, 5.74) is 0. The number of nitrogens with zero attached hydrogens (tertiary/aromatic N) is 2. The molecule has 0 saturated heterocycles. The van der Waals surface area contributed by atoms with Crippen LogP contribution in [-0.2, 0) is 22.5 Å². The Kier molecular flexibility index (Phi) is 4.96. The molecule has 1 aliphatic rings. The maximum atomic E-state index is 11.8. The molecule has 0 spiro atoms. The van der Waals surface area contributed by atoms with Crippen LogP contribution in [0.2, 0.25) is 0 Å². The van der Waals surface area contributed by atoms with E-state index in [1.165, 1.54) is 0 Å². The second-order valence-corrected chi connectivity index (χ2v) is 5.52. The van der Waals surface area contributed by atoms with E-state index in [4.69, 9.17) is 4.74 Å². The van der Waals surface area contributed by atoms with E-state index in [9.17, 15) is 4.79 Å². The average molecular weight is 265 g/mol. The molecule has 1 unspecified atom stereocenters. The number of amides is 1. The summed E-state index contributed by atoms with van der Waals surface area (Å²) in [6.07, 6.45) is 6.14. The highest BCUT2D eigenvalue weighted by Gasteiger charge is 2.19. The van der Waals surface area contributed by atoms with Gasteiger partial charge in [0.15, 0.2) is 0 Å². The van der Waals surface area contributed by atoms with Gasteiger partial charge in [0.05, 0.1) is 6.61 Å². The van der Waals surface area contributed by atoms with Crippen molar-refractivity contribution in [2.75, 3.05) is 13.2 Å². The summed E-state index contributed by atoms with van der Waals surface area (Å²) in [5.74, 6) is 1.71. The summed E-state index contributed by atoms with van der Waals surface area (Å²) in [6.45, 7) is 6.26. The molecule has 1 amide bonds. The first-order valence-electron chi connectivity index (χ1n) is 7.02. The number of aromatic nitrogens is 2. The van der Waals surface area contributed by atoms with Crippen LogP contribution in [-0.4, -0.2) is 34.7 Å². The molecule has 1 aromatic heterocycles. The second-order valence-electron chi connectivity index (χ2n) is 5.52. The maximum absolute atomic E-state index is 11.8. The van der Waals surface area contributed by atoms with Crippen molar-refractivity contribution >= 4 is 5.91 Å². The first-order valence-corrected chi connectivity index (χ1v) is 7.02. The molecule has 0 radical (unpaired) electrons. The van der Waals surface area contributed by atoms with Crippen LogP contribution in [0.25, 0.3) is 0 Å². The molecule has 19 heavy (non-hydrogen) atoms. The fourth-order valence-corrected chi connectivity index (χ4v) is 2.27. The van der Waals surface area contributed by atoms with Crippen LogP contribution < -0.4 is 5.32 Å². The number of carbonyl (C=O) groups is 1. The molecule has 0 aromatic carbocycles. The van der Waals surface area contributed by atoms with E-state index < -0.39 is 0 Å². The van der Waals surface area contributed by atoms with E-state index in [-0.39, 0.29) is 11.9 Å². The molecule has 0 bridgehead atoms. The Morgan fingerprint density at radius 1 is 1.63 bits per heavy atom. The van der Waals surface area contributed by atoms with Crippen LogP contribution in [0.1, 0.15) is 32.5 Å². The van der Waals surface area contributed by atoms with Crippen molar-refractivity contribution in [2.45, 2.75) is 45.7 Å². The fourth-order valence-electron chi connectivity index (χ4n) is 2.27. The molecular weight excluding hydrogens is 242 g/mol. The zero-order chi connectivity index (χ0) is 13.7. The van der Waals surface area contributed by atoms with Gasteiger partial charge in [-0.15, -0.1) is 0 Å². The van der Waals surface area contributed by atoms with Gasteiger partial charge in [-0.05, 0) is 12.3 Å². The Bertz CT molecular complexity index is 415. The highest BCUT2D eigenvalue weighted by atomic mass is 16.5. The van der Waals surface area contributed by atoms with Crippen molar-refractivity contribution in [3.63, 3.8) is 0 Å². The number of hydrogen-bond donors (Lipinski definition) is 1. The molecular formula is C14H23N3O2. The van der Waals surface area contributed by atoms with E-state index in [1.54, 1.807) is 0 Å². The number of ether oxygens (including phenoxy) is 1. The number of carbonyl (C=O) groups excluding carboxylic acids is 1. The van der Waals surface area contributed by atoms with Crippen molar-refractivity contribution in [1.29, 1.82) is 0 Å². The van der Waals surface area contributed by atoms with Crippen molar-refractivity contribution < 1.29 is 9.53 Å². The van der Waals surface area contributed by atoms with Crippen LogP contribution in [0.15, 0.2) is 12.4 Å². The maximum Gasteiger partial charge on any atom is 0.222 e. The Labute approximate surface area is 114 Å². The predicted octanol–water partition coefficient (Wildman–Crippen LogP) is 1.38. The first-order chi connectivity index (χ1) is 9.15. The molecule has 1 aliphatic heterocycles. The minimum absolute atomic E-state index is 0.0809. The SMILES string of the molecule is CC(C)COCCC(=O)NC1CCc2nccn2C1. The minimum atomic E-state index is 0.0809. The van der Waals surface area contributed by atoms with E-state index >= 15 is 0 Å². The van der Waals surface area contributed by atoms with E-state index in [0.29, 0.717) is 18.9 Å². The first kappa shape index (κ1) is 14.1. The van der Waals surface area contributed by atoms with Crippen LogP contribution in [0, 0.1) is 5.92 Å². The van der Waals surface area contributed by atoms with Gasteiger partial charge in [0.2, 0.25) is 5.91 Å². The molecule has 2 rings (SSSR count). The molecule has 0 fully saturated rings. The van der Waals surface area contributed by atoms with Gasteiger partial charge in [-0.25, -0.2) is 4.98 Å². The molecule has 2 heterocycles. The molecule has 1 atom stereocenters. The van der Waals surface area contributed by atoms with Gasteiger partial charge in [-0.1, -0.05) is 13.8 Å². The lowest BCUT2D eigenvalue weighted by Gasteiger charge is -2.24. The average Bonchev–Trinajstić information content (AvgIpc) is 2.82. The highest BCUT2D eigenvalue weighted by Crippen LogP contribution is 2.13. The van der Waals surface area contributed by atoms with Crippen LogP contribution in [0.5, 0.6) is 0 Å². The fraction of sp³-hybridized carbons (Fsp3) is 0.714. The molecule has 1 N–H and O–H groups in total. The highest BCUT2D eigenvalue weighted by molar-refractivity contribution is 5.76. The standard InChI is InChI=1S/C14H23N3O2/c1-11(2)10-19-8-5-14(18)16-12-3-4-13-15-6-7-17(13)9-12/h6-7,11-12H,3-5,8-10H2,1-2H3,(H,16,18). The van der Waals surface area contributed by atoms with E-state index in [2.05, 4.69) is 28.7 Å². The number of hydrogen-bond acceptors (Lipinski definition) is 3. The Morgan fingerprint density at radius 2 is 2.47 bits per heavy atom. The van der Waals surface area contributed by atoms with Crippen molar-refractivity contribution in [3.8, 4) is 0 Å². The summed E-state index contributed by atoms with van der Waals surface area (Å²) < 4.78 is 7.54. The molecule has 5 nitrogen and oxygen atoms in total. The topological polar surface area (TPSA) is 56.1 Å². The van der Waals surface area contributed by atoms with E-state index in [1.807, 2.05) is 12.4 Å². The quantitative estimate of drug-likeness (QED) is 0.791. The van der Waals surface area contributed by atoms with Crippen molar-refractivity contribution in [3.05, 3.63) is 18.2 Å². The molecule has 1 aromatic rings. The third kappa shape index (κ3) is 4.35. The van der Waals surface area contributed by atoms with Crippen LogP contribution >= 0.6 is 0 Å². The summed E-state index contributed by atoms with van der Waals surface area (Å²) in [4.78, 5) is 16.1. The minimum Gasteiger partial charge on any atom is -0.381 e. The van der Waals surface area contributed by atoms with E-state index in [0.717, 1.165) is 31.8 Å². The van der Waals surface area contributed by atoms with Gasteiger partial charge < -0.3 is 14.6 Å². The van der Waals surface area contributed by atoms with Crippen LogP contribution in [0.4, 0.5) is 0 Å². The number of fused-ring (bicyclic) bond motifs is 1. The smallest absolute Gasteiger partial charge is 0.222 e. The van der Waals surface area contributed by atoms with Crippen LogP contribution in [0.3, 0.4) is 0 Å². The van der Waals surface area contributed by atoms with Gasteiger partial charge in [-0.2, -0.15) is 0 Å². The monoisotopic (exact) mass is 265 g/mol. The molecule has 5 heteroatoms. The van der Waals surface area contributed by atoms with Crippen molar-refractivity contribution in [2.24, 2.45) is 5.92 Å². The summed E-state index contributed by atoms with van der Waals surface area (Å²) in [7, 11) is 0. The zero-order valence-electron chi connectivity index (χ0n) is 11.8. The predicted molar refractivity (Wildman–Crippen MR) is 72.8 cm³/mol.